The number of thiocarbonyl (C=S) groups is 1. The van der Waals surface area contributed by atoms with E-state index in [1.54, 1.807) is 18.2 Å². The minimum atomic E-state index is -0.886. The first-order valence-corrected chi connectivity index (χ1v) is 10.7. The zero-order chi connectivity index (χ0) is 19.6. The number of carboxylic acid groups (broad SMARTS) is 1. The molecule has 1 aliphatic rings. The largest absolute Gasteiger partial charge is 0.481 e. The summed E-state index contributed by atoms with van der Waals surface area (Å²) in [6.45, 7) is 0.310. The molecule has 0 unspecified atom stereocenters. The molecule has 27 heavy (non-hydrogen) atoms. The van der Waals surface area contributed by atoms with E-state index >= 15 is 0 Å². The molecular weight excluding hydrogens is 445 g/mol. The molecule has 1 aliphatic heterocycles. The lowest BCUT2D eigenvalue weighted by atomic mass is 10.1. The molecule has 1 aromatic heterocycles. The summed E-state index contributed by atoms with van der Waals surface area (Å²) in [4.78, 5) is 26.1. The quantitative estimate of drug-likeness (QED) is 0.439. The van der Waals surface area contributed by atoms with Crippen LogP contribution in [-0.2, 0) is 9.59 Å². The number of halogens is 2. The number of thiophene rings is 1. The van der Waals surface area contributed by atoms with Crippen molar-refractivity contribution in [2.45, 2.75) is 12.8 Å². The molecule has 9 heteroatoms. The third kappa shape index (κ3) is 4.92. The first-order chi connectivity index (χ1) is 12.8. The van der Waals surface area contributed by atoms with Gasteiger partial charge in [0.2, 0.25) is 0 Å². The van der Waals surface area contributed by atoms with Crippen molar-refractivity contribution in [3.8, 4) is 11.1 Å². The number of rotatable bonds is 6. The standard InChI is InChI=1S/C18H13Cl2NO3S3/c19-11-3-4-13(14(20)7-11)10-6-12(26-9-10)8-15-17(24)21(18(25)27-15)5-1-2-16(22)23/h3-4,6-9H,1-2,5H2,(H,22,23). The molecule has 1 amide bonds. The van der Waals surface area contributed by atoms with Gasteiger partial charge in [-0.1, -0.05) is 53.2 Å². The van der Waals surface area contributed by atoms with Crippen LogP contribution in [0.1, 0.15) is 17.7 Å². The normalized spacial score (nSPS) is 15.8. The summed E-state index contributed by atoms with van der Waals surface area (Å²) >= 11 is 20.2. The Hall–Kier alpha value is -1.38. The Morgan fingerprint density at radius 1 is 1.30 bits per heavy atom. The molecule has 2 heterocycles. The molecule has 0 aliphatic carbocycles. The van der Waals surface area contributed by atoms with Crippen LogP contribution in [0.4, 0.5) is 0 Å². The minimum Gasteiger partial charge on any atom is -0.481 e. The average molecular weight is 458 g/mol. The van der Waals surface area contributed by atoms with E-state index in [0.29, 0.717) is 32.2 Å². The van der Waals surface area contributed by atoms with Crippen molar-refractivity contribution in [1.29, 1.82) is 0 Å². The maximum atomic E-state index is 12.5. The van der Waals surface area contributed by atoms with Gasteiger partial charge in [-0.2, -0.15) is 0 Å². The fourth-order valence-corrected chi connectivity index (χ4v) is 5.23. The number of hydrogen-bond donors (Lipinski definition) is 1. The van der Waals surface area contributed by atoms with Crippen LogP contribution in [0.15, 0.2) is 34.6 Å². The monoisotopic (exact) mass is 457 g/mol. The Labute approximate surface area is 179 Å². The van der Waals surface area contributed by atoms with Crippen LogP contribution >= 0.6 is 58.5 Å². The first kappa shape index (κ1) is 20.4. The van der Waals surface area contributed by atoms with Crippen molar-refractivity contribution in [3.63, 3.8) is 0 Å². The Morgan fingerprint density at radius 2 is 2.07 bits per heavy atom. The van der Waals surface area contributed by atoms with Crippen molar-refractivity contribution in [2.24, 2.45) is 0 Å². The molecule has 0 radical (unpaired) electrons. The summed E-state index contributed by atoms with van der Waals surface area (Å²) in [6.07, 6.45) is 2.17. The van der Waals surface area contributed by atoms with E-state index in [1.807, 2.05) is 17.5 Å². The predicted molar refractivity (Wildman–Crippen MR) is 117 cm³/mol. The first-order valence-electron chi connectivity index (χ1n) is 7.86. The number of nitrogens with zero attached hydrogens (tertiary/aromatic N) is 1. The second-order valence-corrected chi connectivity index (χ2v) is 9.15. The number of carbonyl (C=O) groups is 2. The van der Waals surface area contributed by atoms with Gasteiger partial charge in [0.25, 0.3) is 5.91 Å². The van der Waals surface area contributed by atoms with E-state index in [0.717, 1.165) is 16.0 Å². The van der Waals surface area contributed by atoms with Crippen LogP contribution in [0, 0.1) is 0 Å². The number of aliphatic carboxylic acids is 1. The van der Waals surface area contributed by atoms with Crippen molar-refractivity contribution in [1.82, 2.24) is 4.90 Å². The zero-order valence-electron chi connectivity index (χ0n) is 13.8. The molecule has 1 N–H and O–H groups in total. The molecule has 1 fully saturated rings. The number of carboxylic acids is 1. The second-order valence-electron chi connectivity index (χ2n) is 5.69. The van der Waals surface area contributed by atoms with E-state index in [9.17, 15) is 9.59 Å². The van der Waals surface area contributed by atoms with Crippen LogP contribution in [-0.4, -0.2) is 32.7 Å². The average Bonchev–Trinajstić information content (AvgIpc) is 3.15. The van der Waals surface area contributed by atoms with Crippen LogP contribution in [0.25, 0.3) is 17.2 Å². The highest BCUT2D eigenvalue weighted by Gasteiger charge is 2.31. The van der Waals surface area contributed by atoms with Crippen molar-refractivity contribution in [2.75, 3.05) is 6.54 Å². The highest BCUT2D eigenvalue weighted by Crippen LogP contribution is 2.37. The van der Waals surface area contributed by atoms with Gasteiger partial charge in [-0.25, -0.2) is 0 Å². The number of thioether (sulfide) groups is 1. The summed E-state index contributed by atoms with van der Waals surface area (Å²) < 4.78 is 0.453. The Bertz CT molecular complexity index is 955. The maximum absolute atomic E-state index is 12.5. The predicted octanol–water partition coefficient (Wildman–Crippen LogP) is 5.79. The Morgan fingerprint density at radius 3 is 2.78 bits per heavy atom. The SMILES string of the molecule is O=C(O)CCCN1C(=O)C(=Cc2cc(-c3ccc(Cl)cc3Cl)cs2)SC1=S. The molecule has 4 nitrogen and oxygen atoms in total. The molecule has 1 saturated heterocycles. The molecule has 1 aromatic carbocycles. The molecule has 3 rings (SSSR count). The van der Waals surface area contributed by atoms with Gasteiger partial charge in [0.05, 0.1) is 4.91 Å². The number of carbonyl (C=O) groups excluding carboxylic acids is 1. The van der Waals surface area contributed by atoms with E-state index in [-0.39, 0.29) is 12.3 Å². The van der Waals surface area contributed by atoms with Crippen LogP contribution in [0.2, 0.25) is 10.0 Å². The van der Waals surface area contributed by atoms with Crippen molar-refractivity contribution in [3.05, 3.63) is 49.5 Å². The van der Waals surface area contributed by atoms with Gasteiger partial charge in [0.1, 0.15) is 4.32 Å². The number of hydrogen-bond acceptors (Lipinski definition) is 5. The van der Waals surface area contributed by atoms with E-state index in [1.165, 1.54) is 28.0 Å². The molecule has 0 saturated carbocycles. The van der Waals surface area contributed by atoms with Crippen LogP contribution in [0.3, 0.4) is 0 Å². The fraction of sp³-hybridized carbons (Fsp3) is 0.167. The van der Waals surface area contributed by atoms with Crippen LogP contribution < -0.4 is 0 Å². The van der Waals surface area contributed by atoms with Gasteiger partial charge in [-0.3, -0.25) is 14.5 Å². The molecule has 0 bridgehead atoms. The molecular formula is C18H13Cl2NO3S3. The number of benzene rings is 1. The van der Waals surface area contributed by atoms with Gasteiger partial charge >= 0.3 is 5.97 Å². The second kappa shape index (κ2) is 8.75. The summed E-state index contributed by atoms with van der Waals surface area (Å²) in [7, 11) is 0. The molecule has 0 spiro atoms. The molecule has 2 aromatic rings. The zero-order valence-corrected chi connectivity index (χ0v) is 17.7. The Kier molecular flexibility index (Phi) is 6.60. The highest BCUT2D eigenvalue weighted by atomic mass is 35.5. The maximum Gasteiger partial charge on any atom is 0.303 e. The smallest absolute Gasteiger partial charge is 0.303 e. The third-order valence-electron chi connectivity index (χ3n) is 3.78. The van der Waals surface area contributed by atoms with Gasteiger partial charge in [0.15, 0.2) is 0 Å². The van der Waals surface area contributed by atoms with E-state index in [4.69, 9.17) is 40.5 Å². The summed E-state index contributed by atoms with van der Waals surface area (Å²) in [5.74, 6) is -1.07. The third-order valence-corrected chi connectivity index (χ3v) is 6.59. The topological polar surface area (TPSA) is 57.6 Å². The lowest BCUT2D eigenvalue weighted by molar-refractivity contribution is -0.137. The van der Waals surface area contributed by atoms with Gasteiger partial charge < -0.3 is 5.11 Å². The van der Waals surface area contributed by atoms with E-state index in [2.05, 4.69) is 0 Å². The highest BCUT2D eigenvalue weighted by molar-refractivity contribution is 8.26. The van der Waals surface area contributed by atoms with Crippen molar-refractivity contribution < 1.29 is 14.7 Å². The van der Waals surface area contributed by atoms with E-state index < -0.39 is 5.97 Å². The Balaban J connectivity index is 1.75. The summed E-state index contributed by atoms with van der Waals surface area (Å²) in [5, 5.41) is 11.8. The van der Waals surface area contributed by atoms with Crippen LogP contribution in [0.5, 0.6) is 0 Å². The lowest BCUT2D eigenvalue weighted by Crippen LogP contribution is -2.29. The minimum absolute atomic E-state index is 0.00619. The fourth-order valence-electron chi connectivity index (χ4n) is 2.50. The lowest BCUT2D eigenvalue weighted by Gasteiger charge is -2.13. The van der Waals surface area contributed by atoms with Gasteiger partial charge in [-0.05, 0) is 41.6 Å². The van der Waals surface area contributed by atoms with Gasteiger partial charge in [0, 0.05) is 33.5 Å². The molecule has 140 valence electrons. The van der Waals surface area contributed by atoms with Gasteiger partial charge in [-0.15, -0.1) is 11.3 Å². The number of amides is 1. The summed E-state index contributed by atoms with van der Waals surface area (Å²) in [5.41, 5.74) is 1.82. The molecule has 0 atom stereocenters. The van der Waals surface area contributed by atoms with Crippen molar-refractivity contribution >= 4 is 80.8 Å². The summed E-state index contributed by atoms with van der Waals surface area (Å²) in [6, 6.07) is 7.29.